The fourth-order valence-corrected chi connectivity index (χ4v) is 4.46. The molecule has 0 saturated heterocycles. The fourth-order valence-electron chi connectivity index (χ4n) is 2.72. The average molecular weight is 374 g/mol. The predicted octanol–water partition coefficient (Wildman–Crippen LogP) is 5.07. The number of thioether (sulfide) groups is 1. The first-order valence-corrected chi connectivity index (χ1v) is 10.1. The summed E-state index contributed by atoms with van der Waals surface area (Å²) in [4.78, 5) is 2.28. The van der Waals surface area contributed by atoms with E-state index in [0.29, 0.717) is 6.67 Å². The highest BCUT2D eigenvalue weighted by molar-refractivity contribution is 8.00. The summed E-state index contributed by atoms with van der Waals surface area (Å²) in [6, 6.07) is 21.3. The van der Waals surface area contributed by atoms with Crippen molar-refractivity contribution in [2.75, 3.05) is 13.3 Å². The van der Waals surface area contributed by atoms with E-state index in [2.05, 4.69) is 65.6 Å². The summed E-state index contributed by atoms with van der Waals surface area (Å²) < 4.78 is 3.72. The van der Waals surface area contributed by atoms with Gasteiger partial charge >= 0.3 is 0 Å². The normalized spacial score (nSPS) is 11.3. The van der Waals surface area contributed by atoms with Crippen molar-refractivity contribution in [1.29, 1.82) is 0 Å². The van der Waals surface area contributed by atoms with Gasteiger partial charge in [0.1, 0.15) is 0 Å². The van der Waals surface area contributed by atoms with Gasteiger partial charge in [0, 0.05) is 0 Å². The van der Waals surface area contributed by atoms with Crippen molar-refractivity contribution in [2.24, 2.45) is 0 Å². The molecule has 0 N–H and O–H groups in total. The van der Waals surface area contributed by atoms with Crippen LogP contribution in [0.25, 0.3) is 0 Å². The zero-order chi connectivity index (χ0) is 16.9. The van der Waals surface area contributed by atoms with Crippen molar-refractivity contribution in [1.82, 2.24) is 14.7 Å². The maximum atomic E-state index is 5.46. The van der Waals surface area contributed by atoms with Crippen LogP contribution < -0.4 is 0 Å². The van der Waals surface area contributed by atoms with E-state index < -0.39 is 0 Å². The molecule has 3 nitrogen and oxygen atoms in total. The highest BCUT2D eigenvalue weighted by Crippen LogP contribution is 2.28. The molecule has 0 aliphatic heterocycles. The predicted molar refractivity (Wildman–Crippen MR) is 105 cm³/mol. The Labute approximate surface area is 156 Å². The van der Waals surface area contributed by atoms with E-state index in [1.807, 2.05) is 23.1 Å². The Bertz CT molecular complexity index is 788. The Morgan fingerprint density at radius 1 is 1.08 bits per heavy atom. The lowest BCUT2D eigenvalue weighted by Gasteiger charge is -2.28. The van der Waals surface area contributed by atoms with Gasteiger partial charge in [-0.25, -0.2) is 4.68 Å². The fraction of sp³-hybridized carbons (Fsp3) is 0.222. The van der Waals surface area contributed by atoms with Crippen LogP contribution in [0.3, 0.4) is 0 Å². The molecular weight excluding hydrogens is 354 g/mol. The first-order valence-electron chi connectivity index (χ1n) is 7.61. The maximum Gasteiger partial charge on any atom is 0.181 e. The number of aromatic nitrogens is 2. The van der Waals surface area contributed by atoms with Gasteiger partial charge in [0.25, 0.3) is 0 Å². The molecule has 2 aromatic carbocycles. The van der Waals surface area contributed by atoms with E-state index in [1.165, 1.54) is 11.1 Å². The van der Waals surface area contributed by atoms with Crippen molar-refractivity contribution in [3.8, 4) is 0 Å². The SMILES string of the molecule is CSc1nn(CN(C)C(c2ccccc2)c2ccccc2)c(=S)s1. The monoisotopic (exact) mass is 373 g/mol. The highest BCUT2D eigenvalue weighted by Gasteiger charge is 2.20. The van der Waals surface area contributed by atoms with Crippen LogP contribution in [0.15, 0.2) is 65.0 Å². The number of hydrogen-bond donors (Lipinski definition) is 0. The summed E-state index contributed by atoms with van der Waals surface area (Å²) in [7, 11) is 2.12. The molecular formula is C18H19N3S3. The third-order valence-corrected chi connectivity index (χ3v) is 6.07. The number of rotatable bonds is 6. The van der Waals surface area contributed by atoms with Crippen molar-refractivity contribution < 1.29 is 0 Å². The second-order valence-electron chi connectivity index (χ2n) is 5.46. The van der Waals surface area contributed by atoms with E-state index >= 15 is 0 Å². The molecule has 1 aromatic heterocycles. The molecule has 0 aliphatic carbocycles. The van der Waals surface area contributed by atoms with Crippen molar-refractivity contribution in [2.45, 2.75) is 17.1 Å². The van der Waals surface area contributed by atoms with Gasteiger partial charge in [0.15, 0.2) is 8.29 Å². The van der Waals surface area contributed by atoms with Gasteiger partial charge in [0.05, 0.1) is 12.7 Å². The molecule has 0 saturated carbocycles. The summed E-state index contributed by atoms with van der Waals surface area (Å²) >= 11 is 8.65. The van der Waals surface area contributed by atoms with Crippen LogP contribution in [0, 0.1) is 3.95 Å². The lowest BCUT2D eigenvalue weighted by atomic mass is 9.98. The molecule has 3 aromatic rings. The Morgan fingerprint density at radius 2 is 1.62 bits per heavy atom. The van der Waals surface area contributed by atoms with Gasteiger partial charge in [-0.05, 0) is 36.6 Å². The number of hydrogen-bond acceptors (Lipinski definition) is 5. The summed E-state index contributed by atoms with van der Waals surface area (Å²) in [5.74, 6) is 0. The minimum Gasteiger partial charge on any atom is -0.276 e. The molecule has 0 bridgehead atoms. The standard InChI is InChI=1S/C18H19N3S3/c1-20(13-21-18(22)24-17(19-21)23-2)16(14-9-5-3-6-10-14)15-11-7-4-8-12-15/h3-12,16H,13H2,1-2H3. The Kier molecular flexibility index (Phi) is 5.84. The van der Waals surface area contributed by atoms with E-state index in [-0.39, 0.29) is 6.04 Å². The Morgan fingerprint density at radius 3 is 2.08 bits per heavy atom. The Hall–Kier alpha value is -1.47. The zero-order valence-corrected chi connectivity index (χ0v) is 16.1. The second-order valence-corrected chi connectivity index (χ2v) is 8.14. The molecule has 0 atom stereocenters. The van der Waals surface area contributed by atoms with Crippen molar-refractivity contribution >= 4 is 35.3 Å². The van der Waals surface area contributed by atoms with Crippen molar-refractivity contribution in [3.05, 3.63) is 75.7 Å². The van der Waals surface area contributed by atoms with Crippen LogP contribution in [0.1, 0.15) is 17.2 Å². The minimum atomic E-state index is 0.161. The summed E-state index contributed by atoms with van der Waals surface area (Å²) in [5.41, 5.74) is 2.52. The molecule has 0 fully saturated rings. The summed E-state index contributed by atoms with van der Waals surface area (Å²) in [6.45, 7) is 0.657. The lowest BCUT2D eigenvalue weighted by Crippen LogP contribution is -2.28. The van der Waals surface area contributed by atoms with Gasteiger partial charge in [-0.2, -0.15) is 5.10 Å². The summed E-state index contributed by atoms with van der Waals surface area (Å²) in [5, 5.41) is 4.59. The molecule has 6 heteroatoms. The number of nitrogens with zero attached hydrogens (tertiary/aromatic N) is 3. The van der Waals surface area contributed by atoms with Crippen LogP contribution in [0.4, 0.5) is 0 Å². The first-order chi connectivity index (χ1) is 11.7. The lowest BCUT2D eigenvalue weighted by molar-refractivity contribution is 0.207. The minimum absolute atomic E-state index is 0.161. The van der Waals surface area contributed by atoms with Crippen LogP contribution in [0.5, 0.6) is 0 Å². The van der Waals surface area contributed by atoms with Crippen LogP contribution in [-0.2, 0) is 6.67 Å². The molecule has 3 rings (SSSR count). The molecule has 0 radical (unpaired) electrons. The smallest absolute Gasteiger partial charge is 0.181 e. The molecule has 0 amide bonds. The summed E-state index contributed by atoms with van der Waals surface area (Å²) in [6.07, 6.45) is 2.03. The largest absolute Gasteiger partial charge is 0.276 e. The van der Waals surface area contributed by atoms with Gasteiger partial charge in [-0.1, -0.05) is 83.8 Å². The van der Waals surface area contributed by atoms with Gasteiger partial charge in [-0.15, -0.1) is 0 Å². The van der Waals surface area contributed by atoms with Crippen LogP contribution in [0.2, 0.25) is 0 Å². The van der Waals surface area contributed by atoms with E-state index in [0.717, 1.165) is 8.29 Å². The van der Waals surface area contributed by atoms with Gasteiger partial charge in [0.2, 0.25) is 0 Å². The highest BCUT2D eigenvalue weighted by atomic mass is 32.2. The van der Waals surface area contributed by atoms with Gasteiger partial charge in [-0.3, -0.25) is 4.90 Å². The molecule has 124 valence electrons. The van der Waals surface area contributed by atoms with Gasteiger partial charge < -0.3 is 0 Å². The number of benzene rings is 2. The van der Waals surface area contributed by atoms with Crippen molar-refractivity contribution in [3.63, 3.8) is 0 Å². The average Bonchev–Trinajstić information content (AvgIpc) is 2.97. The van der Waals surface area contributed by atoms with Crippen LogP contribution >= 0.6 is 35.3 Å². The van der Waals surface area contributed by atoms with E-state index in [9.17, 15) is 0 Å². The molecule has 1 heterocycles. The zero-order valence-electron chi connectivity index (χ0n) is 13.6. The first kappa shape index (κ1) is 17.4. The molecule has 0 aliphatic rings. The maximum absolute atomic E-state index is 5.46. The Balaban J connectivity index is 1.93. The third-order valence-electron chi connectivity index (χ3n) is 3.79. The van der Waals surface area contributed by atoms with E-state index in [1.54, 1.807) is 23.1 Å². The second kappa shape index (κ2) is 8.07. The molecule has 0 unspecified atom stereocenters. The van der Waals surface area contributed by atoms with Crippen LogP contribution in [-0.4, -0.2) is 28.0 Å². The third kappa shape index (κ3) is 3.95. The topological polar surface area (TPSA) is 21.1 Å². The van der Waals surface area contributed by atoms with E-state index in [4.69, 9.17) is 12.2 Å². The molecule has 24 heavy (non-hydrogen) atoms. The quantitative estimate of drug-likeness (QED) is 0.444. The molecule has 0 spiro atoms.